The summed E-state index contributed by atoms with van der Waals surface area (Å²) >= 11 is 1.53. The summed E-state index contributed by atoms with van der Waals surface area (Å²) in [6.07, 6.45) is -0.545. The van der Waals surface area contributed by atoms with E-state index in [1.165, 1.54) is 11.3 Å². The van der Waals surface area contributed by atoms with E-state index in [-0.39, 0.29) is 0 Å². The normalized spacial score (nSPS) is 13.0. The second-order valence-corrected chi connectivity index (χ2v) is 4.17. The molecular formula is C9H13NOS. The van der Waals surface area contributed by atoms with Crippen molar-refractivity contribution >= 4 is 11.3 Å². The smallest absolute Gasteiger partial charge is 0.111 e. The fraction of sp³-hybridized carbons (Fsp3) is 0.444. The third kappa shape index (κ3) is 1.73. The molecule has 0 aliphatic heterocycles. The number of aromatic nitrogens is 1. The standard InChI is InChI=1S/C9H13NOS/c1-5(2)8(11)9-6(3)10-7(4)12-9/h8,11H,1H2,2-4H3. The van der Waals surface area contributed by atoms with E-state index in [9.17, 15) is 5.11 Å². The van der Waals surface area contributed by atoms with Crippen LogP contribution in [0.4, 0.5) is 0 Å². The Labute approximate surface area is 76.6 Å². The Bertz CT molecular complexity index is 303. The highest BCUT2D eigenvalue weighted by molar-refractivity contribution is 7.11. The van der Waals surface area contributed by atoms with Gasteiger partial charge >= 0.3 is 0 Å². The van der Waals surface area contributed by atoms with Crippen LogP contribution in [0, 0.1) is 13.8 Å². The number of hydrogen-bond acceptors (Lipinski definition) is 3. The molecule has 1 N–H and O–H groups in total. The van der Waals surface area contributed by atoms with Crippen LogP contribution >= 0.6 is 11.3 Å². The molecule has 3 heteroatoms. The third-order valence-corrected chi connectivity index (χ3v) is 2.78. The first kappa shape index (κ1) is 9.42. The quantitative estimate of drug-likeness (QED) is 0.714. The number of aliphatic hydroxyl groups is 1. The molecule has 0 aliphatic rings. The highest BCUT2D eigenvalue weighted by Gasteiger charge is 2.14. The molecule has 1 unspecified atom stereocenters. The lowest BCUT2D eigenvalue weighted by atomic mass is 10.1. The summed E-state index contributed by atoms with van der Waals surface area (Å²) in [5.41, 5.74) is 1.68. The van der Waals surface area contributed by atoms with Crippen molar-refractivity contribution in [3.63, 3.8) is 0 Å². The van der Waals surface area contributed by atoms with Gasteiger partial charge in [0.05, 0.1) is 15.6 Å². The molecule has 0 saturated heterocycles. The van der Waals surface area contributed by atoms with E-state index in [0.717, 1.165) is 21.2 Å². The van der Waals surface area contributed by atoms with Gasteiger partial charge in [-0.25, -0.2) is 4.98 Å². The number of nitrogens with zero attached hydrogens (tertiary/aromatic N) is 1. The minimum atomic E-state index is -0.545. The van der Waals surface area contributed by atoms with Crippen LogP contribution in [-0.2, 0) is 0 Å². The Morgan fingerprint density at radius 3 is 2.50 bits per heavy atom. The van der Waals surface area contributed by atoms with E-state index in [1.807, 2.05) is 20.8 Å². The first-order valence-electron chi connectivity index (χ1n) is 3.79. The minimum Gasteiger partial charge on any atom is -0.383 e. The zero-order chi connectivity index (χ0) is 9.30. The Hall–Kier alpha value is -0.670. The van der Waals surface area contributed by atoms with E-state index < -0.39 is 6.10 Å². The van der Waals surface area contributed by atoms with Gasteiger partial charge in [-0.05, 0) is 26.3 Å². The van der Waals surface area contributed by atoms with Crippen LogP contribution in [0.2, 0.25) is 0 Å². The van der Waals surface area contributed by atoms with E-state index in [0.29, 0.717) is 0 Å². The summed E-state index contributed by atoms with van der Waals surface area (Å²) in [5.74, 6) is 0. The Morgan fingerprint density at radius 1 is 1.58 bits per heavy atom. The zero-order valence-electron chi connectivity index (χ0n) is 7.59. The van der Waals surface area contributed by atoms with Crippen molar-refractivity contribution in [1.82, 2.24) is 4.98 Å². The predicted octanol–water partition coefficient (Wildman–Crippen LogP) is 2.37. The van der Waals surface area contributed by atoms with Gasteiger partial charge in [-0.2, -0.15) is 0 Å². The molecule has 1 heterocycles. The Balaban J connectivity index is 3.02. The van der Waals surface area contributed by atoms with Gasteiger partial charge in [0, 0.05) is 0 Å². The molecule has 0 fully saturated rings. The van der Waals surface area contributed by atoms with Crippen LogP contribution in [-0.4, -0.2) is 10.1 Å². The van der Waals surface area contributed by atoms with Crippen LogP contribution in [0.1, 0.15) is 28.6 Å². The fourth-order valence-electron chi connectivity index (χ4n) is 1.02. The SMILES string of the molecule is C=C(C)C(O)c1sc(C)nc1C. The molecule has 2 nitrogen and oxygen atoms in total. The third-order valence-electron chi connectivity index (χ3n) is 1.65. The Kier molecular flexibility index (Phi) is 2.65. The molecule has 0 saturated carbocycles. The van der Waals surface area contributed by atoms with Gasteiger partial charge in [0.1, 0.15) is 6.10 Å². The minimum absolute atomic E-state index is 0.545. The molecule has 0 radical (unpaired) electrons. The van der Waals surface area contributed by atoms with Gasteiger partial charge < -0.3 is 5.11 Å². The highest BCUT2D eigenvalue weighted by Crippen LogP contribution is 2.28. The monoisotopic (exact) mass is 183 g/mol. The number of thiazole rings is 1. The molecule has 12 heavy (non-hydrogen) atoms. The first-order chi connectivity index (χ1) is 5.52. The molecule has 1 atom stereocenters. The summed E-state index contributed by atoms with van der Waals surface area (Å²) in [5, 5.41) is 10.7. The van der Waals surface area contributed by atoms with Gasteiger partial charge in [0.2, 0.25) is 0 Å². The lowest BCUT2D eigenvalue weighted by Crippen LogP contribution is -1.96. The zero-order valence-corrected chi connectivity index (χ0v) is 8.40. The second-order valence-electron chi connectivity index (χ2n) is 2.93. The average molecular weight is 183 g/mol. The number of aryl methyl sites for hydroxylation is 2. The van der Waals surface area contributed by atoms with Crippen molar-refractivity contribution in [3.05, 3.63) is 27.7 Å². The lowest BCUT2D eigenvalue weighted by molar-refractivity contribution is 0.219. The van der Waals surface area contributed by atoms with Crippen molar-refractivity contribution in [1.29, 1.82) is 0 Å². The fourth-order valence-corrected chi connectivity index (χ4v) is 2.03. The molecular weight excluding hydrogens is 170 g/mol. The van der Waals surface area contributed by atoms with Crippen LogP contribution < -0.4 is 0 Å². The highest BCUT2D eigenvalue weighted by atomic mass is 32.1. The largest absolute Gasteiger partial charge is 0.383 e. The van der Waals surface area contributed by atoms with Crippen LogP contribution in [0.3, 0.4) is 0 Å². The molecule has 0 amide bonds. The van der Waals surface area contributed by atoms with E-state index in [2.05, 4.69) is 11.6 Å². The van der Waals surface area contributed by atoms with E-state index in [1.54, 1.807) is 0 Å². The molecule has 1 aromatic heterocycles. The predicted molar refractivity (Wildman–Crippen MR) is 51.4 cm³/mol. The van der Waals surface area contributed by atoms with Gasteiger partial charge in [0.25, 0.3) is 0 Å². The molecule has 0 aromatic carbocycles. The average Bonchev–Trinajstić information content (AvgIpc) is 2.28. The summed E-state index contributed by atoms with van der Waals surface area (Å²) in [6, 6.07) is 0. The topological polar surface area (TPSA) is 33.1 Å². The molecule has 66 valence electrons. The molecule has 0 spiro atoms. The molecule has 0 aliphatic carbocycles. The van der Waals surface area contributed by atoms with Crippen molar-refractivity contribution in [2.75, 3.05) is 0 Å². The number of hydrogen-bond donors (Lipinski definition) is 1. The second kappa shape index (κ2) is 3.37. The van der Waals surface area contributed by atoms with E-state index in [4.69, 9.17) is 0 Å². The summed E-state index contributed by atoms with van der Waals surface area (Å²) in [6.45, 7) is 9.37. The van der Waals surface area contributed by atoms with Gasteiger partial charge in [0.15, 0.2) is 0 Å². The van der Waals surface area contributed by atoms with Gasteiger partial charge in [-0.1, -0.05) is 6.58 Å². The molecule has 0 bridgehead atoms. The summed E-state index contributed by atoms with van der Waals surface area (Å²) < 4.78 is 0. The molecule has 1 rings (SSSR count). The van der Waals surface area contributed by atoms with Gasteiger partial charge in [-0.3, -0.25) is 0 Å². The number of aliphatic hydroxyl groups excluding tert-OH is 1. The van der Waals surface area contributed by atoms with Crippen LogP contribution in [0.25, 0.3) is 0 Å². The maximum Gasteiger partial charge on any atom is 0.111 e. The van der Waals surface area contributed by atoms with E-state index >= 15 is 0 Å². The van der Waals surface area contributed by atoms with Crippen molar-refractivity contribution < 1.29 is 5.11 Å². The molecule has 1 aromatic rings. The summed E-state index contributed by atoms with van der Waals surface area (Å²) in [7, 11) is 0. The van der Waals surface area contributed by atoms with Crippen molar-refractivity contribution in [2.45, 2.75) is 26.9 Å². The lowest BCUT2D eigenvalue weighted by Gasteiger charge is -2.07. The Morgan fingerprint density at radius 2 is 2.17 bits per heavy atom. The van der Waals surface area contributed by atoms with Crippen molar-refractivity contribution in [3.8, 4) is 0 Å². The van der Waals surface area contributed by atoms with Crippen LogP contribution in [0.15, 0.2) is 12.2 Å². The van der Waals surface area contributed by atoms with Crippen LogP contribution in [0.5, 0.6) is 0 Å². The maximum absolute atomic E-state index is 9.66. The number of rotatable bonds is 2. The summed E-state index contributed by atoms with van der Waals surface area (Å²) in [4.78, 5) is 5.15. The van der Waals surface area contributed by atoms with Gasteiger partial charge in [-0.15, -0.1) is 11.3 Å². The maximum atomic E-state index is 9.66. The van der Waals surface area contributed by atoms with Crippen molar-refractivity contribution in [2.24, 2.45) is 0 Å². The first-order valence-corrected chi connectivity index (χ1v) is 4.61.